The standard InChI is InChI=1S/C10H14N2O/c1-7(2)6-9(11-3)12-10(13)8-4-5-8/h6,8H,1,3-5H2,2H3,(H,12,13)/b9-6+. The smallest absolute Gasteiger partial charge is 0.228 e. The lowest BCUT2D eigenvalue weighted by Gasteiger charge is -2.03. The number of allylic oxidation sites excluding steroid dienone is 2. The first-order valence-electron chi connectivity index (χ1n) is 4.28. The van der Waals surface area contributed by atoms with Gasteiger partial charge >= 0.3 is 0 Å². The van der Waals surface area contributed by atoms with Gasteiger partial charge in [0.15, 0.2) is 0 Å². The molecule has 1 aliphatic rings. The molecule has 0 aliphatic heterocycles. The van der Waals surface area contributed by atoms with Crippen molar-refractivity contribution in [3.05, 3.63) is 24.0 Å². The Morgan fingerprint density at radius 3 is 2.62 bits per heavy atom. The summed E-state index contributed by atoms with van der Waals surface area (Å²) in [6.45, 7) is 8.91. The molecular formula is C10H14N2O. The molecule has 1 amide bonds. The van der Waals surface area contributed by atoms with Crippen molar-refractivity contribution in [1.82, 2.24) is 5.32 Å². The summed E-state index contributed by atoms with van der Waals surface area (Å²) in [5, 5.41) is 2.69. The Bertz CT molecular complexity index is 275. The molecule has 0 radical (unpaired) electrons. The molecule has 3 heteroatoms. The Hall–Kier alpha value is -1.38. The Kier molecular flexibility index (Phi) is 3.01. The van der Waals surface area contributed by atoms with E-state index >= 15 is 0 Å². The molecule has 0 spiro atoms. The number of rotatable bonds is 4. The normalized spacial score (nSPS) is 16.5. The third-order valence-electron chi connectivity index (χ3n) is 1.75. The molecule has 1 aliphatic carbocycles. The molecule has 0 unspecified atom stereocenters. The van der Waals surface area contributed by atoms with E-state index < -0.39 is 0 Å². The van der Waals surface area contributed by atoms with E-state index in [2.05, 4.69) is 23.6 Å². The van der Waals surface area contributed by atoms with Crippen molar-refractivity contribution in [2.45, 2.75) is 19.8 Å². The van der Waals surface area contributed by atoms with Crippen LogP contribution in [0.2, 0.25) is 0 Å². The Balaban J connectivity index is 2.52. The fourth-order valence-electron chi connectivity index (χ4n) is 0.928. The zero-order chi connectivity index (χ0) is 9.84. The minimum absolute atomic E-state index is 0.0416. The van der Waals surface area contributed by atoms with E-state index in [1.54, 1.807) is 6.08 Å². The van der Waals surface area contributed by atoms with E-state index in [1.165, 1.54) is 0 Å². The van der Waals surface area contributed by atoms with Gasteiger partial charge in [0.2, 0.25) is 5.91 Å². The first-order chi connectivity index (χ1) is 6.13. The summed E-state index contributed by atoms with van der Waals surface area (Å²) in [6, 6.07) is 0. The van der Waals surface area contributed by atoms with Gasteiger partial charge in [-0.15, -0.1) is 0 Å². The van der Waals surface area contributed by atoms with Crippen LogP contribution in [0.15, 0.2) is 29.0 Å². The molecule has 1 saturated carbocycles. The molecule has 0 saturated heterocycles. The topological polar surface area (TPSA) is 41.5 Å². The molecule has 0 heterocycles. The summed E-state index contributed by atoms with van der Waals surface area (Å²) >= 11 is 0. The van der Waals surface area contributed by atoms with Crippen molar-refractivity contribution in [1.29, 1.82) is 0 Å². The Morgan fingerprint density at radius 2 is 2.23 bits per heavy atom. The predicted molar refractivity (Wildman–Crippen MR) is 53.3 cm³/mol. The second kappa shape index (κ2) is 4.03. The number of hydrogen-bond donors (Lipinski definition) is 1. The van der Waals surface area contributed by atoms with Gasteiger partial charge in [-0.1, -0.05) is 12.2 Å². The zero-order valence-corrected chi connectivity index (χ0v) is 7.84. The minimum atomic E-state index is 0.0416. The quantitative estimate of drug-likeness (QED) is 0.516. The summed E-state index contributed by atoms with van der Waals surface area (Å²) in [7, 11) is 0. The van der Waals surface area contributed by atoms with Crippen LogP contribution in [0.1, 0.15) is 19.8 Å². The van der Waals surface area contributed by atoms with Crippen molar-refractivity contribution in [2.24, 2.45) is 10.9 Å². The van der Waals surface area contributed by atoms with Gasteiger partial charge in [-0.3, -0.25) is 4.79 Å². The molecule has 1 fully saturated rings. The number of nitrogens with zero attached hydrogens (tertiary/aromatic N) is 1. The molecule has 70 valence electrons. The van der Waals surface area contributed by atoms with Gasteiger partial charge in [0.1, 0.15) is 5.82 Å². The molecule has 1 rings (SSSR count). The van der Waals surface area contributed by atoms with Crippen molar-refractivity contribution in [2.75, 3.05) is 0 Å². The van der Waals surface area contributed by atoms with Crippen LogP contribution < -0.4 is 5.32 Å². The largest absolute Gasteiger partial charge is 0.310 e. The predicted octanol–water partition coefficient (Wildman–Crippen LogP) is 1.63. The number of carbonyl (C=O) groups is 1. The third-order valence-corrected chi connectivity index (χ3v) is 1.75. The van der Waals surface area contributed by atoms with Gasteiger partial charge < -0.3 is 5.32 Å². The first kappa shape index (κ1) is 9.71. The summed E-state index contributed by atoms with van der Waals surface area (Å²) < 4.78 is 0. The van der Waals surface area contributed by atoms with E-state index in [1.807, 2.05) is 6.92 Å². The molecule has 0 atom stereocenters. The molecule has 0 aromatic heterocycles. The van der Waals surface area contributed by atoms with Crippen LogP contribution in [0.4, 0.5) is 0 Å². The molecule has 3 nitrogen and oxygen atoms in total. The second-order valence-electron chi connectivity index (χ2n) is 3.30. The van der Waals surface area contributed by atoms with E-state index in [9.17, 15) is 4.79 Å². The van der Waals surface area contributed by atoms with Gasteiger partial charge in [0.05, 0.1) is 0 Å². The maximum Gasteiger partial charge on any atom is 0.228 e. The van der Waals surface area contributed by atoms with Gasteiger partial charge in [-0.2, -0.15) is 0 Å². The van der Waals surface area contributed by atoms with E-state index in [-0.39, 0.29) is 11.8 Å². The van der Waals surface area contributed by atoms with Gasteiger partial charge in [0.25, 0.3) is 0 Å². The molecule has 0 aromatic carbocycles. The highest BCUT2D eigenvalue weighted by molar-refractivity contribution is 5.82. The molecular weight excluding hydrogens is 164 g/mol. The van der Waals surface area contributed by atoms with Crippen molar-refractivity contribution < 1.29 is 4.79 Å². The lowest BCUT2D eigenvalue weighted by Crippen LogP contribution is -2.23. The molecule has 0 bridgehead atoms. The number of nitrogens with one attached hydrogen (secondary N) is 1. The van der Waals surface area contributed by atoms with Crippen LogP contribution in [0.5, 0.6) is 0 Å². The highest BCUT2D eigenvalue weighted by Crippen LogP contribution is 2.29. The Labute approximate surface area is 78.2 Å². The van der Waals surface area contributed by atoms with Crippen LogP contribution in [-0.2, 0) is 4.79 Å². The SMILES string of the molecule is C=N/C(=C\C(=C)C)NC(=O)C1CC1. The minimum Gasteiger partial charge on any atom is -0.310 e. The van der Waals surface area contributed by atoms with Crippen molar-refractivity contribution in [3.63, 3.8) is 0 Å². The van der Waals surface area contributed by atoms with Crippen LogP contribution in [0.25, 0.3) is 0 Å². The first-order valence-corrected chi connectivity index (χ1v) is 4.28. The van der Waals surface area contributed by atoms with Gasteiger partial charge in [0, 0.05) is 5.92 Å². The second-order valence-corrected chi connectivity index (χ2v) is 3.30. The van der Waals surface area contributed by atoms with Crippen molar-refractivity contribution in [3.8, 4) is 0 Å². The Morgan fingerprint density at radius 1 is 1.62 bits per heavy atom. The van der Waals surface area contributed by atoms with E-state index in [0.29, 0.717) is 5.82 Å². The molecule has 13 heavy (non-hydrogen) atoms. The van der Waals surface area contributed by atoms with Crippen molar-refractivity contribution >= 4 is 12.6 Å². The molecule has 1 N–H and O–H groups in total. The summed E-state index contributed by atoms with van der Waals surface area (Å²) in [5.41, 5.74) is 0.846. The zero-order valence-electron chi connectivity index (χ0n) is 7.84. The number of carbonyl (C=O) groups excluding carboxylic acids is 1. The fourth-order valence-corrected chi connectivity index (χ4v) is 0.928. The van der Waals surface area contributed by atoms with Crippen LogP contribution in [-0.4, -0.2) is 12.6 Å². The highest BCUT2D eigenvalue weighted by atomic mass is 16.2. The highest BCUT2D eigenvalue weighted by Gasteiger charge is 2.29. The van der Waals surface area contributed by atoms with Crippen LogP contribution in [0, 0.1) is 5.92 Å². The monoisotopic (exact) mass is 178 g/mol. The number of aliphatic imine (C=N–C) groups is 1. The fraction of sp³-hybridized carbons (Fsp3) is 0.400. The average molecular weight is 178 g/mol. The lowest BCUT2D eigenvalue weighted by atomic mass is 10.3. The summed E-state index contributed by atoms with van der Waals surface area (Å²) in [5.74, 6) is 0.722. The van der Waals surface area contributed by atoms with Gasteiger partial charge in [-0.05, 0) is 32.6 Å². The lowest BCUT2D eigenvalue weighted by molar-refractivity contribution is -0.121. The number of amides is 1. The van der Waals surface area contributed by atoms with Crippen LogP contribution >= 0.6 is 0 Å². The average Bonchev–Trinajstić information content (AvgIpc) is 2.84. The van der Waals surface area contributed by atoms with E-state index in [4.69, 9.17) is 0 Å². The maximum absolute atomic E-state index is 11.3. The van der Waals surface area contributed by atoms with Gasteiger partial charge in [-0.25, -0.2) is 4.99 Å². The molecule has 0 aromatic rings. The summed E-state index contributed by atoms with van der Waals surface area (Å²) in [4.78, 5) is 15.0. The summed E-state index contributed by atoms with van der Waals surface area (Å²) in [6.07, 6.45) is 3.68. The third kappa shape index (κ3) is 3.23. The van der Waals surface area contributed by atoms with E-state index in [0.717, 1.165) is 18.4 Å². The van der Waals surface area contributed by atoms with Crippen LogP contribution in [0.3, 0.4) is 0 Å². The maximum atomic E-state index is 11.3. The number of hydrogen-bond acceptors (Lipinski definition) is 2.